The number of ether oxygens (including phenoxy) is 3. The van der Waals surface area contributed by atoms with Gasteiger partial charge in [0.1, 0.15) is 13.2 Å². The van der Waals surface area contributed by atoms with Crippen LogP contribution in [-0.4, -0.2) is 37.2 Å². The van der Waals surface area contributed by atoms with Gasteiger partial charge < -0.3 is 14.2 Å². The van der Waals surface area contributed by atoms with E-state index < -0.39 is 6.10 Å². The van der Waals surface area contributed by atoms with Gasteiger partial charge in [0, 0.05) is 19.3 Å². The summed E-state index contributed by atoms with van der Waals surface area (Å²) < 4.78 is 16.8. The molecule has 0 N–H and O–H groups in total. The summed E-state index contributed by atoms with van der Waals surface area (Å²) in [6, 6.07) is 0. The average molecular weight is 1050 g/mol. The molecule has 0 bridgehead atoms. The Balaban J connectivity index is 4.00. The third kappa shape index (κ3) is 61.3. The van der Waals surface area contributed by atoms with Crippen molar-refractivity contribution in [2.45, 2.75) is 322 Å². The van der Waals surface area contributed by atoms with Gasteiger partial charge in [-0.05, 0) is 77.0 Å². The minimum atomic E-state index is -0.769. The Morgan fingerprint density at radius 2 is 0.520 bits per heavy atom. The molecule has 0 heterocycles. The van der Waals surface area contributed by atoms with Gasteiger partial charge in [-0.15, -0.1) is 0 Å². The van der Waals surface area contributed by atoms with E-state index in [1.165, 1.54) is 173 Å². The Morgan fingerprint density at radius 3 is 0.813 bits per heavy atom. The van der Waals surface area contributed by atoms with Crippen molar-refractivity contribution < 1.29 is 28.6 Å². The first-order valence-electron chi connectivity index (χ1n) is 32.1. The second kappa shape index (κ2) is 63.1. The van der Waals surface area contributed by atoms with Crippen molar-refractivity contribution in [1.29, 1.82) is 0 Å². The van der Waals surface area contributed by atoms with Crippen molar-refractivity contribution in [3.05, 3.63) is 85.1 Å². The first-order chi connectivity index (χ1) is 37.0. The molecule has 432 valence electrons. The number of hydrogen-bond acceptors (Lipinski definition) is 6. The number of hydrogen-bond donors (Lipinski definition) is 0. The maximum Gasteiger partial charge on any atom is 0.306 e. The van der Waals surface area contributed by atoms with Crippen molar-refractivity contribution in [1.82, 2.24) is 0 Å². The summed E-state index contributed by atoms with van der Waals surface area (Å²) in [6.07, 6.45) is 83.5. The quantitative estimate of drug-likeness (QED) is 0.0261. The van der Waals surface area contributed by atoms with Gasteiger partial charge in [0.25, 0.3) is 0 Å². The van der Waals surface area contributed by atoms with E-state index in [1.54, 1.807) is 0 Å². The molecule has 0 aromatic rings. The number of carbonyl (C=O) groups excluding carboxylic acids is 3. The maximum absolute atomic E-state index is 12.8. The molecular formula is C69H120O6. The number of rotatable bonds is 58. The minimum absolute atomic E-state index is 0.0717. The summed E-state index contributed by atoms with van der Waals surface area (Å²) in [5.41, 5.74) is 0. The Kier molecular flexibility index (Phi) is 60.3. The molecule has 0 aromatic carbocycles. The van der Waals surface area contributed by atoms with Crippen LogP contribution in [0.2, 0.25) is 0 Å². The molecule has 0 fully saturated rings. The lowest BCUT2D eigenvalue weighted by molar-refractivity contribution is -0.167. The number of allylic oxidation sites excluding steroid dienone is 14. The van der Waals surface area contributed by atoms with Crippen LogP contribution in [0.4, 0.5) is 0 Å². The Hall–Kier alpha value is -3.41. The van der Waals surface area contributed by atoms with Crippen LogP contribution in [0, 0.1) is 0 Å². The summed E-state index contributed by atoms with van der Waals surface area (Å²) in [6.45, 7) is 6.50. The second-order valence-electron chi connectivity index (χ2n) is 21.3. The van der Waals surface area contributed by atoms with E-state index in [0.717, 1.165) is 103 Å². The van der Waals surface area contributed by atoms with Gasteiger partial charge in [-0.25, -0.2) is 0 Å². The highest BCUT2D eigenvalue weighted by atomic mass is 16.6. The summed E-state index contributed by atoms with van der Waals surface area (Å²) in [5, 5.41) is 0. The molecular weight excluding hydrogens is 925 g/mol. The number of unbranched alkanes of at least 4 members (excludes halogenated alkanes) is 33. The van der Waals surface area contributed by atoms with Crippen LogP contribution in [0.3, 0.4) is 0 Å². The van der Waals surface area contributed by atoms with E-state index in [9.17, 15) is 14.4 Å². The molecule has 0 radical (unpaired) electrons. The van der Waals surface area contributed by atoms with Gasteiger partial charge in [-0.1, -0.05) is 305 Å². The molecule has 0 aromatic heterocycles. The van der Waals surface area contributed by atoms with Crippen LogP contribution in [-0.2, 0) is 28.6 Å². The van der Waals surface area contributed by atoms with E-state index in [2.05, 4.69) is 106 Å². The molecule has 0 aliphatic rings. The third-order valence-electron chi connectivity index (χ3n) is 13.9. The van der Waals surface area contributed by atoms with Crippen LogP contribution < -0.4 is 0 Å². The summed E-state index contributed by atoms with van der Waals surface area (Å²) in [5.74, 6) is -0.869. The summed E-state index contributed by atoms with van der Waals surface area (Å²) in [4.78, 5) is 37.9. The van der Waals surface area contributed by atoms with E-state index in [4.69, 9.17) is 14.2 Å². The van der Waals surface area contributed by atoms with Gasteiger partial charge in [0.2, 0.25) is 0 Å². The smallest absolute Gasteiger partial charge is 0.306 e. The Labute approximate surface area is 465 Å². The minimum Gasteiger partial charge on any atom is -0.462 e. The van der Waals surface area contributed by atoms with Crippen molar-refractivity contribution >= 4 is 17.9 Å². The Bertz CT molecular complexity index is 1430. The zero-order chi connectivity index (χ0) is 54.3. The van der Waals surface area contributed by atoms with Crippen LogP contribution in [0.25, 0.3) is 0 Å². The molecule has 75 heavy (non-hydrogen) atoms. The van der Waals surface area contributed by atoms with Crippen LogP contribution in [0.5, 0.6) is 0 Å². The molecule has 6 heteroatoms. The predicted octanol–water partition coefficient (Wildman–Crippen LogP) is 21.9. The van der Waals surface area contributed by atoms with Gasteiger partial charge in [-0.2, -0.15) is 0 Å². The first-order valence-corrected chi connectivity index (χ1v) is 32.1. The van der Waals surface area contributed by atoms with Crippen LogP contribution >= 0.6 is 0 Å². The monoisotopic (exact) mass is 1040 g/mol. The largest absolute Gasteiger partial charge is 0.462 e. The lowest BCUT2D eigenvalue weighted by Crippen LogP contribution is -2.30. The number of esters is 3. The highest BCUT2D eigenvalue weighted by molar-refractivity contribution is 5.71. The van der Waals surface area contributed by atoms with Crippen molar-refractivity contribution in [3.63, 3.8) is 0 Å². The van der Waals surface area contributed by atoms with Crippen molar-refractivity contribution in [2.24, 2.45) is 0 Å². The van der Waals surface area contributed by atoms with Crippen LogP contribution in [0.15, 0.2) is 85.1 Å². The van der Waals surface area contributed by atoms with Crippen molar-refractivity contribution in [2.75, 3.05) is 13.2 Å². The fourth-order valence-corrected chi connectivity index (χ4v) is 9.13. The standard InChI is InChI=1S/C69H120O6/c1-4-7-10-13-16-18-20-22-24-26-27-28-29-30-31-32-33-34-35-36-37-38-39-40-41-42-43-44-46-47-49-51-53-56-59-62-68(71)74-65-66(64-73-67(70)61-58-55-15-12-9-6-3)75-69(72)63-60-57-54-52-50-48-45-25-23-21-19-17-14-11-8-5-2/h7,10,16,18,22,24,27-28,30-31,33-34,36-37,66H,4-6,8-9,11-15,17,19-21,23,25-26,29,32,35,38-65H2,1-3H3/b10-7-,18-16-,24-22-,28-27-,31-30-,34-33-,37-36-. The fourth-order valence-electron chi connectivity index (χ4n) is 9.13. The SMILES string of the molecule is CC/C=C\C/C=C\C/C=C\C/C=C\C/C=C\C/C=C\C/C=C\CCCCCCCCCCCCCCCC(=O)OCC(COC(=O)CCCCCCCC)OC(=O)CCCCCCCCCCCCCCCCCC. The lowest BCUT2D eigenvalue weighted by Gasteiger charge is -2.18. The Morgan fingerprint density at radius 1 is 0.280 bits per heavy atom. The summed E-state index contributed by atoms with van der Waals surface area (Å²) >= 11 is 0. The highest BCUT2D eigenvalue weighted by Gasteiger charge is 2.19. The number of carbonyl (C=O) groups is 3. The molecule has 0 rings (SSSR count). The average Bonchev–Trinajstić information content (AvgIpc) is 3.41. The zero-order valence-electron chi connectivity index (χ0n) is 49.6. The fraction of sp³-hybridized carbons (Fsp3) is 0.754. The molecule has 1 unspecified atom stereocenters. The van der Waals surface area contributed by atoms with Crippen LogP contribution in [0.1, 0.15) is 316 Å². The normalized spacial score (nSPS) is 12.6. The maximum atomic E-state index is 12.8. The van der Waals surface area contributed by atoms with Crippen molar-refractivity contribution in [3.8, 4) is 0 Å². The van der Waals surface area contributed by atoms with Gasteiger partial charge in [-0.3, -0.25) is 14.4 Å². The van der Waals surface area contributed by atoms with E-state index >= 15 is 0 Å². The van der Waals surface area contributed by atoms with Gasteiger partial charge in [0.15, 0.2) is 6.10 Å². The van der Waals surface area contributed by atoms with E-state index in [1.807, 2.05) is 0 Å². The third-order valence-corrected chi connectivity index (χ3v) is 13.9. The molecule has 0 saturated carbocycles. The van der Waals surface area contributed by atoms with Gasteiger partial charge >= 0.3 is 17.9 Å². The molecule has 6 nitrogen and oxygen atoms in total. The van der Waals surface area contributed by atoms with E-state index in [0.29, 0.717) is 19.3 Å². The predicted molar refractivity (Wildman–Crippen MR) is 325 cm³/mol. The lowest BCUT2D eigenvalue weighted by atomic mass is 10.0. The molecule has 0 spiro atoms. The molecule has 0 aliphatic heterocycles. The molecule has 0 saturated heterocycles. The summed E-state index contributed by atoms with van der Waals surface area (Å²) in [7, 11) is 0. The highest BCUT2D eigenvalue weighted by Crippen LogP contribution is 2.17. The first kappa shape index (κ1) is 71.6. The molecule has 0 amide bonds. The molecule has 1 atom stereocenters. The topological polar surface area (TPSA) is 78.9 Å². The second-order valence-corrected chi connectivity index (χ2v) is 21.3. The van der Waals surface area contributed by atoms with E-state index in [-0.39, 0.29) is 31.1 Å². The zero-order valence-corrected chi connectivity index (χ0v) is 49.6. The molecule has 0 aliphatic carbocycles. The van der Waals surface area contributed by atoms with Gasteiger partial charge in [0.05, 0.1) is 0 Å².